The Kier molecular flexibility index (Phi) is 6.26. The number of nitrogens with zero attached hydrogens (tertiary/aromatic N) is 2. The van der Waals surface area contributed by atoms with Crippen molar-refractivity contribution in [2.45, 2.75) is 39.7 Å². The normalized spacial score (nSPS) is 12.6. The predicted molar refractivity (Wildman–Crippen MR) is 73.9 cm³/mol. The van der Waals surface area contributed by atoms with Gasteiger partial charge in [-0.15, -0.1) is 0 Å². The number of hydrogen-bond donors (Lipinski definition) is 1. The number of hydrogen-bond acceptors (Lipinski definition) is 3. The van der Waals surface area contributed by atoms with Crippen LogP contribution in [0, 0.1) is 6.92 Å². The Morgan fingerprint density at radius 1 is 1.47 bits per heavy atom. The van der Waals surface area contributed by atoms with E-state index in [1.54, 1.807) is 6.26 Å². The Hall–Kier alpha value is -0.840. The molecule has 1 aromatic heterocycles. The fraction of sp³-hybridized carbons (Fsp3) is 0.750. The molecule has 0 radical (unpaired) electrons. The summed E-state index contributed by atoms with van der Waals surface area (Å²) in [5.41, 5.74) is 1.04. The standard InChI is InChI=1S/C12H23N3OS/c1-4-5-8-15-10-11(2)14-12(15)13-7-6-9-17(3)16/h10H,4-9H2,1-3H3,(H,13,14). The molecule has 0 spiro atoms. The van der Waals surface area contributed by atoms with Gasteiger partial charge in [0.25, 0.3) is 0 Å². The van der Waals surface area contributed by atoms with E-state index in [0.29, 0.717) is 0 Å². The zero-order valence-corrected chi connectivity index (χ0v) is 11.8. The third kappa shape index (κ3) is 5.35. The lowest BCUT2D eigenvalue weighted by molar-refractivity contribution is 0.634. The van der Waals surface area contributed by atoms with Crippen LogP contribution in [0.1, 0.15) is 31.9 Å². The molecule has 4 nitrogen and oxygen atoms in total. The van der Waals surface area contributed by atoms with Crippen LogP contribution in [0.3, 0.4) is 0 Å². The molecule has 0 aliphatic rings. The highest BCUT2D eigenvalue weighted by molar-refractivity contribution is 7.84. The Morgan fingerprint density at radius 3 is 2.88 bits per heavy atom. The first kappa shape index (κ1) is 14.2. The lowest BCUT2D eigenvalue weighted by Crippen LogP contribution is -2.11. The van der Waals surface area contributed by atoms with Gasteiger partial charge in [-0.25, -0.2) is 4.98 Å². The van der Waals surface area contributed by atoms with Crippen LogP contribution in [0.4, 0.5) is 5.95 Å². The first-order valence-electron chi connectivity index (χ1n) is 6.21. The zero-order chi connectivity index (χ0) is 12.7. The average Bonchev–Trinajstić information content (AvgIpc) is 2.62. The van der Waals surface area contributed by atoms with Gasteiger partial charge in [-0.05, 0) is 19.8 Å². The van der Waals surface area contributed by atoms with Gasteiger partial charge in [0.05, 0.1) is 5.69 Å². The summed E-state index contributed by atoms with van der Waals surface area (Å²) in [4.78, 5) is 4.46. The van der Waals surface area contributed by atoms with Crippen LogP contribution in [-0.4, -0.2) is 32.3 Å². The van der Waals surface area contributed by atoms with Crippen LogP contribution >= 0.6 is 0 Å². The van der Waals surface area contributed by atoms with Crippen molar-refractivity contribution in [2.75, 3.05) is 23.9 Å². The maximum atomic E-state index is 10.9. The van der Waals surface area contributed by atoms with E-state index in [2.05, 4.69) is 28.0 Å². The maximum Gasteiger partial charge on any atom is 0.203 e. The quantitative estimate of drug-likeness (QED) is 0.726. The average molecular weight is 257 g/mol. The third-order valence-electron chi connectivity index (χ3n) is 2.54. The van der Waals surface area contributed by atoms with E-state index in [1.165, 1.54) is 12.8 Å². The van der Waals surface area contributed by atoms with E-state index < -0.39 is 10.8 Å². The fourth-order valence-electron chi connectivity index (χ4n) is 1.66. The maximum absolute atomic E-state index is 10.9. The van der Waals surface area contributed by atoms with Gasteiger partial charge < -0.3 is 9.88 Å². The zero-order valence-electron chi connectivity index (χ0n) is 11.0. The van der Waals surface area contributed by atoms with Crippen molar-refractivity contribution in [1.29, 1.82) is 0 Å². The highest BCUT2D eigenvalue weighted by Crippen LogP contribution is 2.10. The van der Waals surface area contributed by atoms with Crippen molar-refractivity contribution < 1.29 is 4.21 Å². The minimum atomic E-state index is -0.696. The summed E-state index contributed by atoms with van der Waals surface area (Å²) in [5, 5.41) is 3.32. The highest BCUT2D eigenvalue weighted by atomic mass is 32.2. The molecule has 1 N–H and O–H groups in total. The number of imidazole rings is 1. The molecular formula is C12H23N3OS. The van der Waals surface area contributed by atoms with Gasteiger partial charge in [-0.3, -0.25) is 4.21 Å². The van der Waals surface area contributed by atoms with Crippen LogP contribution in [0.15, 0.2) is 6.20 Å². The summed E-state index contributed by atoms with van der Waals surface area (Å²) >= 11 is 0. The SMILES string of the molecule is CCCCn1cc(C)nc1NCCCS(C)=O. The summed E-state index contributed by atoms with van der Waals surface area (Å²) in [6.07, 6.45) is 7.10. The summed E-state index contributed by atoms with van der Waals surface area (Å²) < 4.78 is 13.1. The van der Waals surface area contributed by atoms with Gasteiger partial charge in [0.15, 0.2) is 0 Å². The van der Waals surface area contributed by atoms with E-state index in [0.717, 1.165) is 36.9 Å². The van der Waals surface area contributed by atoms with Gasteiger partial charge in [0.2, 0.25) is 5.95 Å². The molecule has 0 aliphatic heterocycles. The molecule has 1 unspecified atom stereocenters. The molecule has 0 aromatic carbocycles. The van der Waals surface area contributed by atoms with E-state index in [1.807, 2.05) is 6.92 Å². The van der Waals surface area contributed by atoms with Crippen molar-refractivity contribution in [1.82, 2.24) is 9.55 Å². The minimum absolute atomic E-state index is 0.696. The van der Waals surface area contributed by atoms with Crippen LogP contribution in [0.2, 0.25) is 0 Å². The molecule has 1 rings (SSSR count). The lowest BCUT2D eigenvalue weighted by atomic mass is 10.3. The molecule has 1 atom stereocenters. The number of nitrogens with one attached hydrogen (secondary N) is 1. The van der Waals surface area contributed by atoms with Gasteiger partial charge >= 0.3 is 0 Å². The highest BCUT2D eigenvalue weighted by Gasteiger charge is 2.04. The van der Waals surface area contributed by atoms with Crippen molar-refractivity contribution in [3.63, 3.8) is 0 Å². The summed E-state index contributed by atoms with van der Waals surface area (Å²) in [6, 6.07) is 0. The van der Waals surface area contributed by atoms with E-state index >= 15 is 0 Å². The van der Waals surface area contributed by atoms with Crippen LogP contribution in [0.5, 0.6) is 0 Å². The number of aromatic nitrogens is 2. The minimum Gasteiger partial charge on any atom is -0.356 e. The number of rotatable bonds is 8. The first-order chi connectivity index (χ1) is 8.13. The second-order valence-corrected chi connectivity index (χ2v) is 5.87. The van der Waals surface area contributed by atoms with Gasteiger partial charge in [0, 0.05) is 42.1 Å². The third-order valence-corrected chi connectivity index (χ3v) is 3.40. The molecule has 0 aliphatic carbocycles. The largest absolute Gasteiger partial charge is 0.356 e. The molecular weight excluding hydrogens is 234 g/mol. The predicted octanol–water partition coefficient (Wildman–Crippen LogP) is 2.17. The number of unbranched alkanes of at least 4 members (excludes halogenated alkanes) is 1. The number of anilines is 1. The van der Waals surface area contributed by atoms with Crippen molar-refractivity contribution in [3.05, 3.63) is 11.9 Å². The van der Waals surface area contributed by atoms with Crippen molar-refractivity contribution in [3.8, 4) is 0 Å². The molecule has 98 valence electrons. The molecule has 0 amide bonds. The van der Waals surface area contributed by atoms with Gasteiger partial charge in [0.1, 0.15) is 0 Å². The lowest BCUT2D eigenvalue weighted by Gasteiger charge is -2.08. The Morgan fingerprint density at radius 2 is 2.24 bits per heavy atom. The van der Waals surface area contributed by atoms with Gasteiger partial charge in [-0.1, -0.05) is 13.3 Å². The molecule has 17 heavy (non-hydrogen) atoms. The number of aryl methyl sites for hydroxylation is 2. The van der Waals surface area contributed by atoms with Crippen LogP contribution in [-0.2, 0) is 17.3 Å². The second kappa shape index (κ2) is 7.48. The van der Waals surface area contributed by atoms with Crippen molar-refractivity contribution in [2.24, 2.45) is 0 Å². The topological polar surface area (TPSA) is 46.9 Å². The van der Waals surface area contributed by atoms with Gasteiger partial charge in [-0.2, -0.15) is 0 Å². The molecule has 0 fully saturated rings. The molecule has 0 saturated heterocycles. The summed E-state index contributed by atoms with van der Waals surface area (Å²) in [6.45, 7) is 6.05. The second-order valence-electron chi connectivity index (χ2n) is 4.31. The van der Waals surface area contributed by atoms with E-state index in [-0.39, 0.29) is 0 Å². The molecule has 0 saturated carbocycles. The molecule has 1 heterocycles. The fourth-order valence-corrected chi connectivity index (χ4v) is 2.21. The Labute approximate surface area is 106 Å². The van der Waals surface area contributed by atoms with E-state index in [4.69, 9.17) is 0 Å². The Balaban J connectivity index is 2.42. The molecule has 5 heteroatoms. The van der Waals surface area contributed by atoms with Crippen LogP contribution in [0.25, 0.3) is 0 Å². The first-order valence-corrected chi connectivity index (χ1v) is 7.94. The molecule has 1 aromatic rings. The molecule has 0 bridgehead atoms. The smallest absolute Gasteiger partial charge is 0.203 e. The van der Waals surface area contributed by atoms with E-state index in [9.17, 15) is 4.21 Å². The van der Waals surface area contributed by atoms with Crippen LogP contribution < -0.4 is 5.32 Å². The van der Waals surface area contributed by atoms with Crippen molar-refractivity contribution >= 4 is 16.7 Å². The summed E-state index contributed by atoms with van der Waals surface area (Å²) in [7, 11) is -0.696. The Bertz CT molecular complexity index is 363. The monoisotopic (exact) mass is 257 g/mol. The summed E-state index contributed by atoms with van der Waals surface area (Å²) in [5.74, 6) is 1.69.